The molecule has 330 valence electrons. The van der Waals surface area contributed by atoms with E-state index < -0.39 is 102 Å². The molecule has 4 unspecified atom stereocenters. The maximum Gasteiger partial charge on any atom is 0.481 e. The molecule has 1 saturated heterocycles. The van der Waals surface area contributed by atoms with Crippen LogP contribution in [0.25, 0.3) is 11.2 Å². The van der Waals surface area contributed by atoms with E-state index >= 15 is 0 Å². The van der Waals surface area contributed by atoms with Crippen LogP contribution in [0.15, 0.2) is 12.7 Å². The molecule has 0 radical (unpaired) electrons. The molecule has 0 saturated carbocycles. The number of aliphatic hydroxyl groups is 5. The van der Waals surface area contributed by atoms with Crippen molar-refractivity contribution in [2.24, 2.45) is 5.41 Å². The zero-order valence-corrected chi connectivity index (χ0v) is 34.2. The largest absolute Gasteiger partial charge is 0.481 e. The van der Waals surface area contributed by atoms with Gasteiger partial charge in [0.25, 0.3) is 0 Å². The van der Waals surface area contributed by atoms with Crippen LogP contribution in [0.3, 0.4) is 0 Å². The summed E-state index contributed by atoms with van der Waals surface area (Å²) in [6.45, 7) is -0.225. The lowest BCUT2D eigenvalue weighted by molar-refractivity contribution is -0.137. The van der Waals surface area contributed by atoms with Crippen molar-refractivity contribution in [2.75, 3.05) is 44.4 Å². The van der Waals surface area contributed by atoms with Crippen molar-refractivity contribution in [3.8, 4) is 0 Å². The van der Waals surface area contributed by atoms with E-state index in [-0.39, 0.29) is 61.7 Å². The fraction of sp³-hybridized carbons (Fsp3) is 0.704. The van der Waals surface area contributed by atoms with Crippen LogP contribution in [0.2, 0.25) is 0 Å². The Bertz CT molecular complexity index is 1870. The monoisotopic (exact) mass is 913 g/mol. The van der Waals surface area contributed by atoms with Gasteiger partial charge < -0.3 is 66.2 Å². The van der Waals surface area contributed by atoms with Gasteiger partial charge in [-0.2, -0.15) is 4.31 Å². The van der Waals surface area contributed by atoms with Crippen LogP contribution in [0.4, 0.5) is 5.82 Å². The van der Waals surface area contributed by atoms with Crippen molar-refractivity contribution in [1.82, 2.24) is 30.2 Å². The van der Waals surface area contributed by atoms with Gasteiger partial charge >= 0.3 is 23.5 Å². The van der Waals surface area contributed by atoms with Gasteiger partial charge in [0.2, 0.25) is 16.9 Å². The van der Waals surface area contributed by atoms with Gasteiger partial charge in [0.1, 0.15) is 42.4 Å². The minimum Gasteiger partial charge on any atom is -0.396 e. The number of nitrogens with two attached hydrogens (primary N) is 1. The number of nitrogens with zero attached hydrogens (tertiary/aromatic N) is 4. The Morgan fingerprint density at radius 1 is 1.03 bits per heavy atom. The molecule has 1 fully saturated rings. The van der Waals surface area contributed by atoms with Gasteiger partial charge in [-0.1, -0.05) is 25.6 Å². The number of aliphatic hydroxyl groups excluding tert-OH is 5. The highest BCUT2D eigenvalue weighted by molar-refractivity contribution is 8.13. The molecule has 9 atom stereocenters. The Balaban J connectivity index is 1.46. The molecule has 0 aromatic carbocycles. The smallest absolute Gasteiger partial charge is 0.396 e. The first kappa shape index (κ1) is 49.8. The average molecular weight is 914 g/mol. The summed E-state index contributed by atoms with van der Waals surface area (Å²) in [5.74, 6) is -1.56. The molecule has 3 heterocycles. The lowest BCUT2D eigenvalue weighted by Crippen LogP contribution is -2.46. The van der Waals surface area contributed by atoms with Crippen molar-refractivity contribution in [3.63, 3.8) is 0 Å². The number of aromatic nitrogens is 4. The standard InChI is InChI=1S/C27H46N7O20P3S/c1-27(2,21(40)24(41)30-5-3-17(38)29-6-8-58-26(42)15(37)9-14(36)4-7-35)11-51-57(48,49)54-56(46,47)50-10-16-20(53-55(43,44)45)19(39)25(52-16)34-13-33-18-22(28)31-12-32-23(18)34/h12-16,19-21,25,35-37,39-40H,3-11H2,1-2H3,(H,29,38)(H,30,41)(H,46,47)(H,48,49)(H2,28,31,32)(H2,43,44,45)/t14?,15?,16-,19-,20-,21+,25-/m1/s1. The summed E-state index contributed by atoms with van der Waals surface area (Å²) in [7, 11) is -16.5. The van der Waals surface area contributed by atoms with Crippen molar-refractivity contribution in [1.29, 1.82) is 0 Å². The van der Waals surface area contributed by atoms with Crippen LogP contribution in [0.5, 0.6) is 0 Å². The third kappa shape index (κ3) is 15.2. The molecule has 2 aromatic rings. The second-order valence-corrected chi connectivity index (χ2v) is 18.5. The predicted molar refractivity (Wildman–Crippen MR) is 195 cm³/mol. The maximum atomic E-state index is 12.7. The van der Waals surface area contributed by atoms with E-state index in [9.17, 15) is 68.1 Å². The second kappa shape index (κ2) is 21.3. The lowest BCUT2D eigenvalue weighted by Gasteiger charge is -2.30. The quantitative estimate of drug-likeness (QED) is 0.0373. The Kier molecular flexibility index (Phi) is 18.3. The third-order valence-electron chi connectivity index (χ3n) is 7.98. The first-order valence-electron chi connectivity index (χ1n) is 16.9. The number of amides is 2. The number of carbonyl (C=O) groups excluding carboxylic acids is 3. The maximum absolute atomic E-state index is 12.7. The number of phosphoric ester groups is 3. The van der Waals surface area contributed by atoms with Crippen LogP contribution in [-0.2, 0) is 50.7 Å². The molecule has 0 aliphatic carbocycles. The summed E-state index contributed by atoms with van der Waals surface area (Å²) < 4.78 is 62.0. The normalized spacial score (nSPS) is 22.5. The van der Waals surface area contributed by atoms with Crippen molar-refractivity contribution in [3.05, 3.63) is 12.7 Å². The molecular weight excluding hydrogens is 867 g/mol. The van der Waals surface area contributed by atoms with E-state index in [0.717, 1.165) is 17.2 Å². The Hall–Kier alpha value is -2.56. The fourth-order valence-corrected chi connectivity index (χ4v) is 8.52. The van der Waals surface area contributed by atoms with E-state index in [1.54, 1.807) is 0 Å². The molecule has 58 heavy (non-hydrogen) atoms. The molecular formula is C27H46N7O20P3S. The molecule has 1 aliphatic rings. The van der Waals surface area contributed by atoms with Crippen LogP contribution < -0.4 is 16.4 Å². The Labute approximate surface area is 333 Å². The average Bonchev–Trinajstić information content (AvgIpc) is 3.68. The highest BCUT2D eigenvalue weighted by atomic mass is 32.2. The molecule has 3 rings (SSSR count). The third-order valence-corrected chi connectivity index (χ3v) is 12.0. The second-order valence-electron chi connectivity index (χ2n) is 13.2. The highest BCUT2D eigenvalue weighted by Gasteiger charge is 2.50. The van der Waals surface area contributed by atoms with Crippen molar-refractivity contribution < 1.29 is 95.8 Å². The van der Waals surface area contributed by atoms with Crippen LogP contribution >= 0.6 is 35.2 Å². The number of fused-ring (bicyclic) bond motifs is 1. The van der Waals surface area contributed by atoms with E-state index in [1.807, 2.05) is 0 Å². The molecule has 0 spiro atoms. The SMILES string of the molecule is CC(C)(COP(=O)(O)OP(=O)(O)OC[C@H]1O[C@@H](n2cnc3c(N)ncnc32)[C@H](O)[C@@H]1OP(=O)(O)O)[C@@H](O)C(=O)NCCC(=O)NCCSC(=O)C(O)CC(O)CCO. The topological polar surface area (TPSA) is 424 Å². The van der Waals surface area contributed by atoms with Gasteiger partial charge in [-0.25, -0.2) is 28.6 Å². The number of imidazole rings is 1. The first-order chi connectivity index (χ1) is 26.9. The summed E-state index contributed by atoms with van der Waals surface area (Å²) in [5, 5.41) is 53.7. The molecule has 2 aromatic heterocycles. The van der Waals surface area contributed by atoms with Crippen LogP contribution in [0.1, 0.15) is 39.3 Å². The molecule has 13 N–H and O–H groups in total. The summed E-state index contributed by atoms with van der Waals surface area (Å²) in [6.07, 6.45) is -9.93. The number of thioether (sulfide) groups is 1. The Morgan fingerprint density at radius 3 is 2.36 bits per heavy atom. The van der Waals surface area contributed by atoms with Gasteiger partial charge in [-0.3, -0.25) is 32.5 Å². The minimum absolute atomic E-state index is 0.00312. The number of nitrogens with one attached hydrogen (secondary N) is 2. The fourth-order valence-electron chi connectivity index (χ4n) is 5.00. The zero-order valence-electron chi connectivity index (χ0n) is 30.7. The van der Waals surface area contributed by atoms with Gasteiger partial charge in [-0.15, -0.1) is 0 Å². The molecule has 27 nitrogen and oxygen atoms in total. The first-order valence-corrected chi connectivity index (χ1v) is 22.4. The molecule has 0 bridgehead atoms. The van der Waals surface area contributed by atoms with Crippen LogP contribution in [-0.4, -0.2) is 157 Å². The van der Waals surface area contributed by atoms with Gasteiger partial charge in [0.05, 0.1) is 25.6 Å². The summed E-state index contributed by atoms with van der Waals surface area (Å²) in [4.78, 5) is 87.5. The number of phosphoric acid groups is 3. The lowest BCUT2D eigenvalue weighted by atomic mass is 9.87. The minimum atomic E-state index is -5.60. The number of nitrogen functional groups attached to an aromatic ring is 1. The predicted octanol–water partition coefficient (Wildman–Crippen LogP) is -2.84. The van der Waals surface area contributed by atoms with Crippen LogP contribution in [0, 0.1) is 5.41 Å². The van der Waals surface area contributed by atoms with Crippen molar-refractivity contribution >= 4 is 69.1 Å². The van der Waals surface area contributed by atoms with Crippen molar-refractivity contribution in [2.45, 2.75) is 76.0 Å². The van der Waals surface area contributed by atoms with E-state index in [1.165, 1.54) is 13.8 Å². The van der Waals surface area contributed by atoms with Gasteiger partial charge in [0.15, 0.2) is 17.7 Å². The number of ether oxygens (including phenoxy) is 1. The molecule has 2 amide bonds. The number of carbonyl (C=O) groups is 3. The number of hydrogen-bond donors (Lipinski definition) is 12. The summed E-state index contributed by atoms with van der Waals surface area (Å²) in [5.41, 5.74) is 4.18. The van der Waals surface area contributed by atoms with Gasteiger partial charge in [0, 0.05) is 43.7 Å². The summed E-state index contributed by atoms with van der Waals surface area (Å²) in [6, 6.07) is 0. The number of hydrogen-bond acceptors (Lipinski definition) is 21. The zero-order chi connectivity index (χ0) is 43.6. The summed E-state index contributed by atoms with van der Waals surface area (Å²) >= 11 is 0.715. The van der Waals surface area contributed by atoms with E-state index in [4.69, 9.17) is 24.6 Å². The molecule has 1 aliphatic heterocycles. The van der Waals surface area contributed by atoms with E-state index in [0.29, 0.717) is 11.8 Å². The van der Waals surface area contributed by atoms with E-state index in [2.05, 4.69) is 34.4 Å². The number of rotatable bonds is 24. The number of anilines is 1. The molecule has 31 heteroatoms. The highest BCUT2D eigenvalue weighted by Crippen LogP contribution is 2.61. The Morgan fingerprint density at radius 2 is 1.71 bits per heavy atom. The van der Waals surface area contributed by atoms with Gasteiger partial charge in [-0.05, 0) is 6.42 Å².